The van der Waals surface area contributed by atoms with Crippen molar-refractivity contribution >= 4 is 27.7 Å². The fourth-order valence-electron chi connectivity index (χ4n) is 2.97. The molecule has 1 aromatic carbocycles. The van der Waals surface area contributed by atoms with Gasteiger partial charge in [0.05, 0.1) is 12.7 Å². The monoisotopic (exact) mass is 376 g/mol. The second kappa shape index (κ2) is 7.27. The molecule has 3 rings (SSSR count). The minimum absolute atomic E-state index is 0.0699. The van der Waals surface area contributed by atoms with E-state index in [1.165, 1.54) is 0 Å². The first-order valence-corrected chi connectivity index (χ1v) is 8.71. The fraction of sp³-hybridized carbons (Fsp3) is 0.412. The normalized spacial score (nSPS) is 21.1. The first-order chi connectivity index (χ1) is 11.1. The maximum Gasteiger partial charge on any atom is 0.228 e. The van der Waals surface area contributed by atoms with E-state index < -0.39 is 0 Å². The van der Waals surface area contributed by atoms with Gasteiger partial charge in [0.15, 0.2) is 0 Å². The Hall–Kier alpha value is -1.66. The van der Waals surface area contributed by atoms with Crippen LogP contribution < -0.4 is 10.6 Å². The van der Waals surface area contributed by atoms with Gasteiger partial charge in [-0.25, -0.2) is 4.68 Å². The molecule has 1 aliphatic heterocycles. The fourth-order valence-corrected chi connectivity index (χ4v) is 3.42. The van der Waals surface area contributed by atoms with Gasteiger partial charge in [-0.2, -0.15) is 5.10 Å². The van der Waals surface area contributed by atoms with Gasteiger partial charge in [-0.1, -0.05) is 28.1 Å². The number of carbonyl (C=O) groups is 1. The Morgan fingerprint density at radius 2 is 2.35 bits per heavy atom. The highest BCUT2D eigenvalue weighted by Crippen LogP contribution is 2.19. The van der Waals surface area contributed by atoms with Crippen molar-refractivity contribution in [3.05, 3.63) is 46.6 Å². The third kappa shape index (κ3) is 4.20. The molecule has 2 atom stereocenters. The van der Waals surface area contributed by atoms with E-state index in [0.717, 1.165) is 35.2 Å². The van der Waals surface area contributed by atoms with E-state index in [-0.39, 0.29) is 11.8 Å². The molecule has 0 radical (unpaired) electrons. The highest BCUT2D eigenvalue weighted by molar-refractivity contribution is 9.10. The third-order valence-electron chi connectivity index (χ3n) is 4.18. The second-order valence-electron chi connectivity index (χ2n) is 6.07. The summed E-state index contributed by atoms with van der Waals surface area (Å²) in [5.41, 5.74) is 1.13. The molecule has 2 N–H and O–H groups in total. The summed E-state index contributed by atoms with van der Waals surface area (Å²) < 4.78 is 2.86. The van der Waals surface area contributed by atoms with Crippen LogP contribution in [0.4, 0.5) is 5.82 Å². The molecule has 1 fully saturated rings. The van der Waals surface area contributed by atoms with Gasteiger partial charge < -0.3 is 10.6 Å². The number of amides is 1. The van der Waals surface area contributed by atoms with Crippen molar-refractivity contribution in [2.45, 2.75) is 32.4 Å². The van der Waals surface area contributed by atoms with Crippen LogP contribution in [0, 0.1) is 5.92 Å². The lowest BCUT2D eigenvalue weighted by Crippen LogP contribution is -2.40. The zero-order chi connectivity index (χ0) is 16.2. The number of carbonyl (C=O) groups excluding carboxylic acids is 1. The van der Waals surface area contributed by atoms with Crippen molar-refractivity contribution in [2.24, 2.45) is 5.92 Å². The van der Waals surface area contributed by atoms with Crippen LogP contribution in [0.15, 0.2) is 41.0 Å². The van der Waals surface area contributed by atoms with Gasteiger partial charge in [0.2, 0.25) is 5.91 Å². The number of nitrogens with one attached hydrogen (secondary N) is 2. The minimum Gasteiger partial charge on any atom is -0.314 e. The average molecular weight is 377 g/mol. The van der Waals surface area contributed by atoms with Gasteiger partial charge in [-0.3, -0.25) is 4.79 Å². The summed E-state index contributed by atoms with van der Waals surface area (Å²) in [5.74, 6) is 0.913. The van der Waals surface area contributed by atoms with Crippen LogP contribution in [0.5, 0.6) is 0 Å². The Balaban J connectivity index is 1.67. The second-order valence-corrected chi connectivity index (χ2v) is 6.99. The van der Waals surface area contributed by atoms with Gasteiger partial charge in [0.1, 0.15) is 5.82 Å². The van der Waals surface area contributed by atoms with Crippen molar-refractivity contribution < 1.29 is 4.79 Å². The van der Waals surface area contributed by atoms with E-state index in [9.17, 15) is 4.79 Å². The SMILES string of the molecule is C[C@H]1C[C@@H](C(=O)Nc2ccnn2Cc2cccc(Br)c2)CCN1. The number of aromatic nitrogens is 2. The van der Waals surface area contributed by atoms with Crippen molar-refractivity contribution in [1.29, 1.82) is 0 Å². The number of hydrogen-bond donors (Lipinski definition) is 2. The van der Waals surface area contributed by atoms with Crippen LogP contribution in [0.3, 0.4) is 0 Å². The molecule has 6 heteroatoms. The molecule has 0 aliphatic carbocycles. The quantitative estimate of drug-likeness (QED) is 0.861. The standard InChI is InChI=1S/C17H21BrN4O/c1-12-9-14(5-7-19-12)17(23)21-16-6-8-20-22(16)11-13-3-2-4-15(18)10-13/h2-4,6,8,10,12,14,19H,5,7,9,11H2,1H3,(H,21,23)/t12-,14-/m0/s1. The smallest absolute Gasteiger partial charge is 0.228 e. The van der Waals surface area contributed by atoms with E-state index >= 15 is 0 Å². The lowest BCUT2D eigenvalue weighted by atomic mass is 9.92. The highest BCUT2D eigenvalue weighted by Gasteiger charge is 2.25. The summed E-state index contributed by atoms with van der Waals surface area (Å²) in [4.78, 5) is 12.5. The van der Waals surface area contributed by atoms with Crippen LogP contribution in [0.25, 0.3) is 0 Å². The summed E-state index contributed by atoms with van der Waals surface area (Å²) in [6.07, 6.45) is 3.49. The molecule has 122 valence electrons. The number of anilines is 1. The van der Waals surface area contributed by atoms with Gasteiger partial charge in [0, 0.05) is 22.5 Å². The van der Waals surface area contributed by atoms with Crippen molar-refractivity contribution in [2.75, 3.05) is 11.9 Å². The van der Waals surface area contributed by atoms with E-state index in [2.05, 4.69) is 44.7 Å². The molecular formula is C17H21BrN4O. The van der Waals surface area contributed by atoms with Crippen molar-refractivity contribution in [3.63, 3.8) is 0 Å². The predicted octanol–water partition coefficient (Wildman–Crippen LogP) is 3.02. The van der Waals surface area contributed by atoms with Gasteiger partial charge in [-0.05, 0) is 44.0 Å². The first kappa shape index (κ1) is 16.2. The van der Waals surface area contributed by atoms with Crippen LogP contribution in [-0.4, -0.2) is 28.3 Å². The largest absolute Gasteiger partial charge is 0.314 e. The minimum atomic E-state index is 0.0699. The molecule has 0 unspecified atom stereocenters. The molecule has 2 heterocycles. The maximum atomic E-state index is 12.5. The van der Waals surface area contributed by atoms with E-state index in [0.29, 0.717) is 12.6 Å². The Morgan fingerprint density at radius 3 is 3.13 bits per heavy atom. The number of benzene rings is 1. The number of rotatable bonds is 4. The number of nitrogens with zero attached hydrogens (tertiary/aromatic N) is 2. The maximum absolute atomic E-state index is 12.5. The summed E-state index contributed by atoms with van der Waals surface area (Å²) in [6, 6.07) is 10.3. The van der Waals surface area contributed by atoms with Gasteiger partial charge in [0.25, 0.3) is 0 Å². The van der Waals surface area contributed by atoms with Gasteiger partial charge in [-0.15, -0.1) is 0 Å². The molecule has 2 aromatic rings. The molecule has 0 saturated carbocycles. The molecule has 1 amide bonds. The van der Waals surface area contributed by atoms with Crippen LogP contribution in [-0.2, 0) is 11.3 Å². The molecule has 1 aromatic heterocycles. The zero-order valence-corrected chi connectivity index (χ0v) is 14.7. The Morgan fingerprint density at radius 1 is 1.48 bits per heavy atom. The molecule has 0 bridgehead atoms. The van der Waals surface area contributed by atoms with Crippen LogP contribution >= 0.6 is 15.9 Å². The van der Waals surface area contributed by atoms with Gasteiger partial charge >= 0.3 is 0 Å². The summed E-state index contributed by atoms with van der Waals surface area (Å²) in [6.45, 7) is 3.65. The van der Waals surface area contributed by atoms with Crippen molar-refractivity contribution in [3.8, 4) is 0 Å². The lowest BCUT2D eigenvalue weighted by molar-refractivity contribution is -0.120. The number of piperidine rings is 1. The Kier molecular flexibility index (Phi) is 5.13. The Bertz CT molecular complexity index is 685. The molecular weight excluding hydrogens is 356 g/mol. The lowest BCUT2D eigenvalue weighted by Gasteiger charge is -2.27. The van der Waals surface area contributed by atoms with E-state index in [1.54, 1.807) is 6.20 Å². The molecule has 23 heavy (non-hydrogen) atoms. The summed E-state index contributed by atoms with van der Waals surface area (Å²) in [7, 11) is 0. The number of hydrogen-bond acceptors (Lipinski definition) is 3. The number of halogens is 1. The van der Waals surface area contributed by atoms with E-state index in [1.807, 2.05) is 28.9 Å². The molecule has 5 nitrogen and oxygen atoms in total. The van der Waals surface area contributed by atoms with E-state index in [4.69, 9.17) is 0 Å². The third-order valence-corrected chi connectivity index (χ3v) is 4.68. The molecule has 1 aliphatic rings. The molecule has 0 spiro atoms. The Labute approximate surface area is 144 Å². The molecule has 1 saturated heterocycles. The zero-order valence-electron chi connectivity index (χ0n) is 13.1. The average Bonchev–Trinajstić information content (AvgIpc) is 2.94. The first-order valence-electron chi connectivity index (χ1n) is 7.92. The summed E-state index contributed by atoms with van der Waals surface area (Å²) in [5, 5.41) is 10.7. The van der Waals surface area contributed by atoms with Crippen LogP contribution in [0.1, 0.15) is 25.3 Å². The summed E-state index contributed by atoms with van der Waals surface area (Å²) >= 11 is 3.48. The topological polar surface area (TPSA) is 59.0 Å². The van der Waals surface area contributed by atoms with Crippen molar-refractivity contribution in [1.82, 2.24) is 15.1 Å². The van der Waals surface area contributed by atoms with Crippen LogP contribution in [0.2, 0.25) is 0 Å². The predicted molar refractivity (Wildman–Crippen MR) is 94.3 cm³/mol. The highest BCUT2D eigenvalue weighted by atomic mass is 79.9.